The molecule has 1 fully saturated rings. The van der Waals surface area contributed by atoms with Crippen molar-refractivity contribution < 1.29 is 4.74 Å². The van der Waals surface area contributed by atoms with Crippen LogP contribution in [0.4, 0.5) is 0 Å². The second kappa shape index (κ2) is 6.31. The molecule has 3 rings (SSSR count). The average Bonchev–Trinajstić information content (AvgIpc) is 2.97. The van der Waals surface area contributed by atoms with Gasteiger partial charge >= 0.3 is 0 Å². The van der Waals surface area contributed by atoms with Gasteiger partial charge in [-0.3, -0.25) is 4.90 Å². The standard InChI is InChI=1S/C14H19ClN2O.ClH/c1-16-13-2-4-17(9-13)8-11-7-12(15)6-10-3-5-18-14(10)11;/h6-7,13,16H,2-5,8-9H2,1H3;1H. The fourth-order valence-corrected chi connectivity index (χ4v) is 3.18. The van der Waals surface area contributed by atoms with Crippen LogP contribution in [0.2, 0.25) is 5.02 Å². The van der Waals surface area contributed by atoms with E-state index in [1.807, 2.05) is 13.1 Å². The molecule has 0 spiro atoms. The molecular weight excluding hydrogens is 283 g/mol. The molecule has 0 amide bonds. The topological polar surface area (TPSA) is 24.5 Å². The summed E-state index contributed by atoms with van der Waals surface area (Å²) in [6.07, 6.45) is 2.21. The Morgan fingerprint density at radius 3 is 3.05 bits per heavy atom. The summed E-state index contributed by atoms with van der Waals surface area (Å²) < 4.78 is 5.75. The van der Waals surface area contributed by atoms with E-state index in [-0.39, 0.29) is 12.4 Å². The van der Waals surface area contributed by atoms with Crippen molar-refractivity contribution in [3.63, 3.8) is 0 Å². The lowest BCUT2D eigenvalue weighted by atomic mass is 10.1. The van der Waals surface area contributed by atoms with Crippen LogP contribution in [0.5, 0.6) is 5.75 Å². The molecule has 2 heterocycles. The Morgan fingerprint density at radius 2 is 2.32 bits per heavy atom. The van der Waals surface area contributed by atoms with E-state index in [4.69, 9.17) is 16.3 Å². The van der Waals surface area contributed by atoms with Crippen molar-refractivity contribution in [2.24, 2.45) is 0 Å². The first-order chi connectivity index (χ1) is 8.76. The zero-order valence-corrected chi connectivity index (χ0v) is 12.7. The van der Waals surface area contributed by atoms with Crippen molar-refractivity contribution in [3.05, 3.63) is 28.3 Å². The summed E-state index contributed by atoms with van der Waals surface area (Å²) in [5.41, 5.74) is 2.51. The maximum Gasteiger partial charge on any atom is 0.127 e. The third kappa shape index (κ3) is 3.16. The van der Waals surface area contributed by atoms with Gasteiger partial charge in [0.2, 0.25) is 0 Å². The zero-order chi connectivity index (χ0) is 12.5. The summed E-state index contributed by atoms with van der Waals surface area (Å²) in [6, 6.07) is 4.71. The molecule has 1 atom stereocenters. The molecule has 1 N–H and O–H groups in total. The SMILES string of the molecule is CNC1CCN(Cc2cc(Cl)cc3c2OCC3)C1.Cl. The second-order valence-corrected chi connectivity index (χ2v) is 5.60. The number of hydrogen-bond donors (Lipinski definition) is 1. The highest BCUT2D eigenvalue weighted by Gasteiger charge is 2.24. The number of likely N-dealkylation sites (tertiary alicyclic amines) is 1. The van der Waals surface area contributed by atoms with Crippen molar-refractivity contribution in [1.29, 1.82) is 0 Å². The molecule has 1 aromatic carbocycles. The van der Waals surface area contributed by atoms with Crippen LogP contribution in [-0.4, -0.2) is 37.7 Å². The third-order valence-electron chi connectivity index (χ3n) is 3.90. The van der Waals surface area contributed by atoms with Crippen LogP contribution in [0.25, 0.3) is 0 Å². The molecule has 1 unspecified atom stereocenters. The molecule has 0 radical (unpaired) electrons. The molecule has 3 nitrogen and oxygen atoms in total. The van der Waals surface area contributed by atoms with E-state index in [0.29, 0.717) is 6.04 Å². The minimum absolute atomic E-state index is 0. The Hall–Kier alpha value is -0.480. The first-order valence-electron chi connectivity index (χ1n) is 6.60. The van der Waals surface area contributed by atoms with Gasteiger partial charge in [0.15, 0.2) is 0 Å². The highest BCUT2D eigenvalue weighted by Crippen LogP contribution is 2.34. The van der Waals surface area contributed by atoms with Gasteiger partial charge in [-0.25, -0.2) is 0 Å². The number of nitrogens with zero attached hydrogens (tertiary/aromatic N) is 1. The summed E-state index contributed by atoms with van der Waals surface area (Å²) in [7, 11) is 2.04. The summed E-state index contributed by atoms with van der Waals surface area (Å²) in [5, 5.41) is 4.18. The van der Waals surface area contributed by atoms with Crippen LogP contribution < -0.4 is 10.1 Å². The molecule has 1 saturated heterocycles. The lowest BCUT2D eigenvalue weighted by molar-refractivity contribution is 0.307. The fraction of sp³-hybridized carbons (Fsp3) is 0.571. The van der Waals surface area contributed by atoms with Crippen molar-refractivity contribution >= 4 is 24.0 Å². The fourth-order valence-electron chi connectivity index (χ4n) is 2.92. The van der Waals surface area contributed by atoms with Crippen molar-refractivity contribution in [1.82, 2.24) is 10.2 Å². The van der Waals surface area contributed by atoms with Gasteiger partial charge in [0, 0.05) is 42.7 Å². The van der Waals surface area contributed by atoms with Crippen LogP contribution in [0.3, 0.4) is 0 Å². The van der Waals surface area contributed by atoms with Gasteiger partial charge in [-0.2, -0.15) is 0 Å². The summed E-state index contributed by atoms with van der Waals surface area (Å²) in [4.78, 5) is 2.47. The number of fused-ring (bicyclic) bond motifs is 1. The molecule has 0 bridgehead atoms. The highest BCUT2D eigenvalue weighted by molar-refractivity contribution is 6.30. The predicted molar refractivity (Wildman–Crippen MR) is 80.6 cm³/mol. The van der Waals surface area contributed by atoms with Crippen molar-refractivity contribution in [2.45, 2.75) is 25.4 Å². The first-order valence-corrected chi connectivity index (χ1v) is 6.98. The predicted octanol–water partition coefficient (Wildman–Crippen LogP) is 2.49. The van der Waals surface area contributed by atoms with Gasteiger partial charge in [-0.05, 0) is 31.2 Å². The lowest BCUT2D eigenvalue weighted by Gasteiger charge is -2.18. The molecule has 2 aliphatic heterocycles. The van der Waals surface area contributed by atoms with Gasteiger partial charge in [0.1, 0.15) is 5.75 Å². The van der Waals surface area contributed by atoms with E-state index < -0.39 is 0 Å². The van der Waals surface area contributed by atoms with Crippen LogP contribution in [0.1, 0.15) is 17.5 Å². The third-order valence-corrected chi connectivity index (χ3v) is 4.12. The summed E-state index contributed by atoms with van der Waals surface area (Å²) in [6.45, 7) is 3.99. The van der Waals surface area contributed by atoms with E-state index >= 15 is 0 Å². The molecule has 1 aromatic rings. The van der Waals surface area contributed by atoms with Crippen LogP contribution in [0.15, 0.2) is 12.1 Å². The van der Waals surface area contributed by atoms with Crippen LogP contribution in [0, 0.1) is 0 Å². The number of nitrogens with one attached hydrogen (secondary N) is 1. The van der Waals surface area contributed by atoms with Crippen LogP contribution in [-0.2, 0) is 13.0 Å². The van der Waals surface area contributed by atoms with Gasteiger partial charge in [0.05, 0.1) is 6.61 Å². The Balaban J connectivity index is 0.00000133. The molecule has 106 valence electrons. The molecule has 0 aliphatic carbocycles. The van der Waals surface area contributed by atoms with E-state index in [2.05, 4.69) is 16.3 Å². The quantitative estimate of drug-likeness (QED) is 0.928. The minimum Gasteiger partial charge on any atom is -0.493 e. The van der Waals surface area contributed by atoms with Crippen molar-refractivity contribution in [3.8, 4) is 5.75 Å². The lowest BCUT2D eigenvalue weighted by Crippen LogP contribution is -2.29. The molecule has 2 aliphatic rings. The Morgan fingerprint density at radius 1 is 1.47 bits per heavy atom. The van der Waals surface area contributed by atoms with E-state index in [9.17, 15) is 0 Å². The molecule has 19 heavy (non-hydrogen) atoms. The monoisotopic (exact) mass is 302 g/mol. The minimum atomic E-state index is 0. The molecule has 5 heteroatoms. The van der Waals surface area contributed by atoms with Gasteiger partial charge < -0.3 is 10.1 Å². The van der Waals surface area contributed by atoms with E-state index in [1.165, 1.54) is 17.5 Å². The van der Waals surface area contributed by atoms with Crippen molar-refractivity contribution in [2.75, 3.05) is 26.7 Å². The normalized spacial score (nSPS) is 21.9. The van der Waals surface area contributed by atoms with E-state index in [1.54, 1.807) is 0 Å². The van der Waals surface area contributed by atoms with E-state index in [0.717, 1.165) is 43.4 Å². The molecule has 0 aromatic heterocycles. The Labute approximate surface area is 125 Å². The van der Waals surface area contributed by atoms with Gasteiger partial charge in [-0.1, -0.05) is 11.6 Å². The Bertz CT molecular complexity index is 453. The van der Waals surface area contributed by atoms with Gasteiger partial charge in [-0.15, -0.1) is 12.4 Å². The number of hydrogen-bond acceptors (Lipinski definition) is 3. The number of ether oxygens (including phenoxy) is 1. The zero-order valence-electron chi connectivity index (χ0n) is 11.1. The first kappa shape index (κ1) is 14.9. The second-order valence-electron chi connectivity index (χ2n) is 5.16. The number of benzene rings is 1. The average molecular weight is 303 g/mol. The Kier molecular flexibility index (Phi) is 4.96. The molecular formula is C14H20Cl2N2O. The van der Waals surface area contributed by atoms with Gasteiger partial charge in [0.25, 0.3) is 0 Å². The maximum absolute atomic E-state index is 6.18. The largest absolute Gasteiger partial charge is 0.493 e. The number of rotatable bonds is 3. The molecule has 0 saturated carbocycles. The summed E-state index contributed by atoms with van der Waals surface area (Å²) >= 11 is 6.18. The number of halogens is 2. The smallest absolute Gasteiger partial charge is 0.127 e. The summed E-state index contributed by atoms with van der Waals surface area (Å²) in [5.74, 6) is 1.08. The highest BCUT2D eigenvalue weighted by atomic mass is 35.5. The van der Waals surface area contributed by atoms with Crippen LogP contribution >= 0.6 is 24.0 Å². The maximum atomic E-state index is 6.18. The number of likely N-dealkylation sites (N-methyl/N-ethyl adjacent to an activating group) is 1.